The summed E-state index contributed by atoms with van der Waals surface area (Å²) in [6.07, 6.45) is 5.86. The molecule has 6 nitrogen and oxygen atoms in total. The lowest BCUT2D eigenvalue weighted by atomic mass is 10.1. The van der Waals surface area contributed by atoms with Gasteiger partial charge in [-0.3, -0.25) is 0 Å². The van der Waals surface area contributed by atoms with Crippen molar-refractivity contribution in [3.8, 4) is 11.5 Å². The van der Waals surface area contributed by atoms with Crippen LogP contribution in [0.3, 0.4) is 0 Å². The number of piperidine rings is 1. The van der Waals surface area contributed by atoms with Gasteiger partial charge < -0.3 is 20.0 Å². The first-order valence-electron chi connectivity index (χ1n) is 10.3. The van der Waals surface area contributed by atoms with Crippen LogP contribution in [0.25, 0.3) is 11.5 Å². The summed E-state index contributed by atoms with van der Waals surface area (Å²) in [5.41, 5.74) is 3.43. The number of oxazole rings is 1. The van der Waals surface area contributed by atoms with E-state index in [-0.39, 0.29) is 6.03 Å². The molecule has 2 aromatic carbocycles. The van der Waals surface area contributed by atoms with Crippen LogP contribution in [0.5, 0.6) is 0 Å². The second-order valence-corrected chi connectivity index (χ2v) is 7.76. The highest BCUT2D eigenvalue weighted by Crippen LogP contribution is 2.30. The molecule has 156 valence electrons. The van der Waals surface area contributed by atoms with Gasteiger partial charge in [0, 0.05) is 37.3 Å². The highest BCUT2D eigenvalue weighted by molar-refractivity contribution is 6.33. The average molecular weight is 425 g/mol. The van der Waals surface area contributed by atoms with E-state index >= 15 is 0 Å². The maximum absolute atomic E-state index is 12.2. The maximum Gasteiger partial charge on any atom is 0.319 e. The van der Waals surface area contributed by atoms with Crippen LogP contribution in [0.2, 0.25) is 5.02 Å². The monoisotopic (exact) mass is 424 g/mol. The van der Waals surface area contributed by atoms with E-state index in [9.17, 15) is 4.79 Å². The number of anilines is 2. The molecule has 2 N–H and O–H groups in total. The van der Waals surface area contributed by atoms with E-state index in [1.807, 2.05) is 42.5 Å². The zero-order chi connectivity index (χ0) is 20.8. The minimum absolute atomic E-state index is 0.274. The molecule has 0 saturated carbocycles. The number of amides is 2. The number of hydrogen-bond donors (Lipinski definition) is 2. The molecule has 0 spiro atoms. The summed E-state index contributed by atoms with van der Waals surface area (Å²) in [5, 5.41) is 6.33. The Balaban J connectivity index is 1.26. The van der Waals surface area contributed by atoms with Crippen LogP contribution in [0.4, 0.5) is 16.2 Å². The maximum atomic E-state index is 12.2. The van der Waals surface area contributed by atoms with E-state index in [2.05, 4.69) is 20.5 Å². The van der Waals surface area contributed by atoms with Crippen molar-refractivity contribution in [2.24, 2.45) is 0 Å². The zero-order valence-electron chi connectivity index (χ0n) is 16.7. The fourth-order valence-electron chi connectivity index (χ4n) is 3.59. The SMILES string of the molecule is O=C(NCCc1coc(-c2ccccc2)n1)Nc1ccc(N2CCCCC2)c(Cl)c1. The minimum atomic E-state index is -0.274. The molecule has 2 amide bonds. The average Bonchev–Trinajstić information content (AvgIpc) is 3.24. The number of rotatable bonds is 6. The predicted octanol–water partition coefficient (Wildman–Crippen LogP) is 5.35. The number of benzene rings is 2. The van der Waals surface area contributed by atoms with E-state index in [4.69, 9.17) is 16.0 Å². The second kappa shape index (κ2) is 9.67. The highest BCUT2D eigenvalue weighted by Gasteiger charge is 2.14. The van der Waals surface area contributed by atoms with Crippen LogP contribution in [0, 0.1) is 0 Å². The third-order valence-corrected chi connectivity index (χ3v) is 5.44. The minimum Gasteiger partial charge on any atom is -0.444 e. The highest BCUT2D eigenvalue weighted by atomic mass is 35.5. The number of hydrogen-bond acceptors (Lipinski definition) is 4. The van der Waals surface area contributed by atoms with Crippen LogP contribution in [-0.2, 0) is 6.42 Å². The Morgan fingerprint density at radius 2 is 1.90 bits per heavy atom. The molecule has 0 bridgehead atoms. The fourth-order valence-corrected chi connectivity index (χ4v) is 3.89. The molecule has 1 fully saturated rings. The number of nitrogens with one attached hydrogen (secondary N) is 2. The molecule has 0 unspecified atom stereocenters. The molecule has 1 aliphatic heterocycles. The van der Waals surface area contributed by atoms with Gasteiger partial charge in [-0.1, -0.05) is 29.8 Å². The molecule has 2 heterocycles. The molecule has 1 aromatic heterocycles. The molecule has 0 aliphatic carbocycles. The lowest BCUT2D eigenvalue weighted by Crippen LogP contribution is -2.31. The van der Waals surface area contributed by atoms with Gasteiger partial charge in [0.1, 0.15) is 6.26 Å². The Bertz CT molecular complexity index is 984. The van der Waals surface area contributed by atoms with Crippen molar-refractivity contribution < 1.29 is 9.21 Å². The summed E-state index contributed by atoms with van der Waals surface area (Å²) >= 11 is 6.45. The number of aromatic nitrogens is 1. The fraction of sp³-hybridized carbons (Fsp3) is 0.304. The normalized spacial score (nSPS) is 13.8. The third-order valence-electron chi connectivity index (χ3n) is 5.14. The lowest BCUT2D eigenvalue weighted by molar-refractivity contribution is 0.252. The Kier molecular flexibility index (Phi) is 6.54. The number of carbonyl (C=O) groups excluding carboxylic acids is 1. The van der Waals surface area contributed by atoms with Crippen molar-refractivity contribution in [2.75, 3.05) is 29.9 Å². The smallest absolute Gasteiger partial charge is 0.319 e. The molecule has 3 aromatic rings. The van der Waals surface area contributed by atoms with Crippen molar-refractivity contribution in [1.82, 2.24) is 10.3 Å². The quantitative estimate of drug-likeness (QED) is 0.559. The number of carbonyl (C=O) groups is 1. The van der Waals surface area contributed by atoms with E-state index in [0.717, 1.165) is 30.0 Å². The van der Waals surface area contributed by atoms with Crippen LogP contribution < -0.4 is 15.5 Å². The molecule has 7 heteroatoms. The van der Waals surface area contributed by atoms with E-state index < -0.39 is 0 Å². The van der Waals surface area contributed by atoms with E-state index in [0.29, 0.717) is 29.6 Å². The van der Waals surface area contributed by atoms with Gasteiger partial charge in [-0.25, -0.2) is 9.78 Å². The molecular weight excluding hydrogens is 400 g/mol. The molecule has 4 rings (SSSR count). The van der Waals surface area contributed by atoms with Gasteiger partial charge in [0.25, 0.3) is 0 Å². The topological polar surface area (TPSA) is 70.4 Å². The molecule has 1 saturated heterocycles. The third kappa shape index (κ3) is 5.13. The van der Waals surface area contributed by atoms with Gasteiger partial charge in [-0.15, -0.1) is 0 Å². The van der Waals surface area contributed by atoms with Crippen molar-refractivity contribution in [3.63, 3.8) is 0 Å². The molecule has 1 aliphatic rings. The van der Waals surface area contributed by atoms with Crippen LogP contribution in [0.15, 0.2) is 59.2 Å². The van der Waals surface area contributed by atoms with E-state index in [1.54, 1.807) is 12.3 Å². The standard InChI is InChI=1S/C23H25ClN4O2/c24-20-15-18(9-10-21(20)28-13-5-2-6-14-28)27-23(29)25-12-11-19-16-30-22(26-19)17-7-3-1-4-8-17/h1,3-4,7-10,15-16H,2,5-6,11-14H2,(H2,25,27,29). The van der Waals surface area contributed by atoms with Gasteiger partial charge in [-0.05, 0) is 49.6 Å². The van der Waals surface area contributed by atoms with Crippen LogP contribution in [0.1, 0.15) is 25.0 Å². The molecule has 0 radical (unpaired) electrons. The van der Waals surface area contributed by atoms with Gasteiger partial charge in [-0.2, -0.15) is 0 Å². The zero-order valence-corrected chi connectivity index (χ0v) is 17.5. The first kappa shape index (κ1) is 20.3. The van der Waals surface area contributed by atoms with Gasteiger partial charge in [0.05, 0.1) is 16.4 Å². The van der Waals surface area contributed by atoms with Gasteiger partial charge in [0.15, 0.2) is 0 Å². The van der Waals surface area contributed by atoms with Crippen molar-refractivity contribution in [1.29, 1.82) is 0 Å². The number of nitrogens with zero attached hydrogens (tertiary/aromatic N) is 2. The summed E-state index contributed by atoms with van der Waals surface area (Å²) < 4.78 is 5.52. The molecule has 30 heavy (non-hydrogen) atoms. The molecular formula is C23H25ClN4O2. The Morgan fingerprint density at radius 1 is 1.10 bits per heavy atom. The molecule has 0 atom stereocenters. The first-order valence-corrected chi connectivity index (χ1v) is 10.7. The van der Waals surface area contributed by atoms with Crippen molar-refractivity contribution in [3.05, 3.63) is 65.5 Å². The number of halogens is 1. The lowest BCUT2D eigenvalue weighted by Gasteiger charge is -2.29. The number of urea groups is 1. The summed E-state index contributed by atoms with van der Waals surface area (Å²) in [6, 6.07) is 15.1. The first-order chi connectivity index (χ1) is 14.7. The Hall–Kier alpha value is -2.99. The van der Waals surface area contributed by atoms with Crippen molar-refractivity contribution >= 4 is 29.0 Å². The predicted molar refractivity (Wildman–Crippen MR) is 120 cm³/mol. The summed E-state index contributed by atoms with van der Waals surface area (Å²) in [6.45, 7) is 2.51. The van der Waals surface area contributed by atoms with Crippen LogP contribution >= 0.6 is 11.6 Å². The second-order valence-electron chi connectivity index (χ2n) is 7.35. The van der Waals surface area contributed by atoms with Crippen LogP contribution in [-0.4, -0.2) is 30.6 Å². The van der Waals surface area contributed by atoms with Crippen molar-refractivity contribution in [2.45, 2.75) is 25.7 Å². The largest absolute Gasteiger partial charge is 0.444 e. The Morgan fingerprint density at radius 3 is 2.67 bits per heavy atom. The Labute approximate surface area is 181 Å². The van der Waals surface area contributed by atoms with Gasteiger partial charge >= 0.3 is 6.03 Å². The summed E-state index contributed by atoms with van der Waals surface area (Å²) in [7, 11) is 0. The summed E-state index contributed by atoms with van der Waals surface area (Å²) in [4.78, 5) is 19.0. The van der Waals surface area contributed by atoms with E-state index in [1.165, 1.54) is 19.3 Å². The van der Waals surface area contributed by atoms with Gasteiger partial charge in [0.2, 0.25) is 5.89 Å². The summed E-state index contributed by atoms with van der Waals surface area (Å²) in [5.74, 6) is 0.582.